The average Bonchev–Trinajstić information content (AvgIpc) is 2.24. The average molecular weight is 278 g/mol. The van der Waals surface area contributed by atoms with E-state index in [1.165, 1.54) is 11.2 Å². The number of rotatable bonds is 6. The first kappa shape index (κ1) is 17.2. The number of nitrogens with one attached hydrogen (secondary N) is 1. The second-order valence-electron chi connectivity index (χ2n) is 5.03. The van der Waals surface area contributed by atoms with Crippen LogP contribution in [-0.2, 0) is 9.84 Å². The van der Waals surface area contributed by atoms with Gasteiger partial charge in [0.15, 0.2) is 9.84 Å². The quantitative estimate of drug-likeness (QED) is 0.803. The fourth-order valence-corrected chi connectivity index (χ4v) is 2.57. The molecule has 5 nitrogen and oxygen atoms in total. The fourth-order valence-electron chi connectivity index (χ4n) is 1.68. The lowest BCUT2D eigenvalue weighted by molar-refractivity contribution is 0.189. The lowest BCUT2D eigenvalue weighted by Crippen LogP contribution is -2.50. The topological polar surface area (TPSA) is 66.5 Å². The molecule has 1 N–H and O–H groups in total. The predicted octanol–water partition coefficient (Wildman–Crippen LogP) is 1.64. The van der Waals surface area contributed by atoms with Gasteiger partial charge in [-0.3, -0.25) is 0 Å². The number of hydrogen-bond donors (Lipinski definition) is 1. The Morgan fingerprint density at radius 2 is 1.78 bits per heavy atom. The van der Waals surface area contributed by atoms with Crippen LogP contribution in [0.1, 0.15) is 40.5 Å². The third kappa shape index (κ3) is 5.25. The number of carbonyl (C=O) groups excluding carboxylic acids is 1. The Bertz CT molecular complexity index is 368. The Morgan fingerprint density at radius 1 is 1.28 bits per heavy atom. The predicted molar refractivity (Wildman–Crippen MR) is 74.4 cm³/mol. The van der Waals surface area contributed by atoms with Crippen LogP contribution < -0.4 is 5.32 Å². The molecule has 0 radical (unpaired) electrons. The van der Waals surface area contributed by atoms with Gasteiger partial charge >= 0.3 is 6.03 Å². The van der Waals surface area contributed by atoms with Crippen molar-refractivity contribution in [3.63, 3.8) is 0 Å². The molecule has 0 aromatic carbocycles. The summed E-state index contributed by atoms with van der Waals surface area (Å²) in [4.78, 5) is 13.4. The molecule has 18 heavy (non-hydrogen) atoms. The SMILES string of the molecule is CCC[C@H](C)NC(=O)N(C)[C@@H](C)[C@H](C)S(C)(=O)=O. The second kappa shape index (κ2) is 6.97. The van der Waals surface area contributed by atoms with Gasteiger partial charge in [0.05, 0.1) is 5.25 Å². The molecule has 0 saturated carbocycles. The lowest BCUT2D eigenvalue weighted by Gasteiger charge is -2.30. The number of carbonyl (C=O) groups is 1. The van der Waals surface area contributed by atoms with Crippen molar-refractivity contribution in [3.05, 3.63) is 0 Å². The Hall–Kier alpha value is -0.780. The zero-order valence-corrected chi connectivity index (χ0v) is 13.0. The van der Waals surface area contributed by atoms with E-state index in [0.29, 0.717) is 0 Å². The molecule has 0 aromatic rings. The van der Waals surface area contributed by atoms with Gasteiger partial charge in [-0.15, -0.1) is 0 Å². The standard InChI is InChI=1S/C12H26N2O3S/c1-7-8-9(2)13-12(15)14(5)10(3)11(4)18(6,16)17/h9-11H,7-8H2,1-6H3,(H,13,15)/t9-,10-,11-/m0/s1. The van der Waals surface area contributed by atoms with Crippen LogP contribution in [0.4, 0.5) is 4.79 Å². The number of sulfone groups is 1. The minimum absolute atomic E-state index is 0.102. The van der Waals surface area contributed by atoms with Crippen LogP contribution in [0.25, 0.3) is 0 Å². The van der Waals surface area contributed by atoms with Gasteiger partial charge in [0.25, 0.3) is 0 Å². The van der Waals surface area contributed by atoms with Gasteiger partial charge in [0.1, 0.15) is 0 Å². The monoisotopic (exact) mass is 278 g/mol. The summed E-state index contributed by atoms with van der Waals surface area (Å²) in [7, 11) is -1.52. The molecule has 0 saturated heterocycles. The summed E-state index contributed by atoms with van der Waals surface area (Å²) in [6.07, 6.45) is 3.11. The van der Waals surface area contributed by atoms with Crippen LogP contribution in [0.15, 0.2) is 0 Å². The van der Waals surface area contributed by atoms with E-state index in [-0.39, 0.29) is 18.1 Å². The van der Waals surface area contributed by atoms with Crippen molar-refractivity contribution in [2.24, 2.45) is 0 Å². The minimum atomic E-state index is -3.14. The van der Waals surface area contributed by atoms with Gasteiger partial charge in [0.2, 0.25) is 0 Å². The maximum atomic E-state index is 11.9. The van der Waals surface area contributed by atoms with Crippen molar-refractivity contribution in [2.75, 3.05) is 13.3 Å². The molecule has 0 aromatic heterocycles. The molecule has 108 valence electrons. The summed E-state index contributed by atoms with van der Waals surface area (Å²) in [5.41, 5.74) is 0. The van der Waals surface area contributed by atoms with Crippen molar-refractivity contribution in [1.82, 2.24) is 10.2 Å². The zero-order chi connectivity index (χ0) is 14.5. The van der Waals surface area contributed by atoms with E-state index in [4.69, 9.17) is 0 Å². The molecule has 0 unspecified atom stereocenters. The third-order valence-corrected chi connectivity index (χ3v) is 5.12. The lowest BCUT2D eigenvalue weighted by atomic mass is 10.2. The Morgan fingerprint density at radius 3 is 2.17 bits per heavy atom. The molecule has 0 heterocycles. The van der Waals surface area contributed by atoms with E-state index in [0.717, 1.165) is 12.8 Å². The van der Waals surface area contributed by atoms with Gasteiger partial charge < -0.3 is 10.2 Å². The van der Waals surface area contributed by atoms with Crippen LogP contribution in [0.3, 0.4) is 0 Å². The van der Waals surface area contributed by atoms with Crippen molar-refractivity contribution < 1.29 is 13.2 Å². The van der Waals surface area contributed by atoms with Gasteiger partial charge in [-0.25, -0.2) is 13.2 Å². The number of nitrogens with zero attached hydrogens (tertiary/aromatic N) is 1. The maximum Gasteiger partial charge on any atom is 0.317 e. The van der Waals surface area contributed by atoms with Gasteiger partial charge in [-0.1, -0.05) is 13.3 Å². The van der Waals surface area contributed by atoms with E-state index >= 15 is 0 Å². The summed E-state index contributed by atoms with van der Waals surface area (Å²) in [5.74, 6) is 0. The van der Waals surface area contributed by atoms with Gasteiger partial charge in [0, 0.05) is 25.4 Å². The summed E-state index contributed by atoms with van der Waals surface area (Å²) in [5, 5.41) is 2.29. The Kier molecular flexibility index (Phi) is 6.67. The Labute approximate surface area is 111 Å². The molecule has 0 bridgehead atoms. The summed E-state index contributed by atoms with van der Waals surface area (Å²) >= 11 is 0. The van der Waals surface area contributed by atoms with Crippen LogP contribution in [0.2, 0.25) is 0 Å². The highest BCUT2D eigenvalue weighted by molar-refractivity contribution is 7.91. The number of urea groups is 1. The molecular weight excluding hydrogens is 252 g/mol. The largest absolute Gasteiger partial charge is 0.336 e. The van der Waals surface area contributed by atoms with Crippen molar-refractivity contribution in [3.8, 4) is 0 Å². The van der Waals surface area contributed by atoms with Crippen LogP contribution in [-0.4, -0.2) is 50.0 Å². The molecule has 3 atom stereocenters. The van der Waals surface area contributed by atoms with E-state index in [1.54, 1.807) is 20.9 Å². The number of hydrogen-bond acceptors (Lipinski definition) is 3. The Balaban J connectivity index is 4.55. The normalized spacial score (nSPS) is 16.8. The van der Waals surface area contributed by atoms with Gasteiger partial charge in [-0.05, 0) is 27.2 Å². The van der Waals surface area contributed by atoms with Crippen LogP contribution in [0, 0.1) is 0 Å². The third-order valence-electron chi connectivity index (χ3n) is 3.38. The molecule has 0 fully saturated rings. The minimum Gasteiger partial charge on any atom is -0.336 e. The maximum absolute atomic E-state index is 11.9. The van der Waals surface area contributed by atoms with Gasteiger partial charge in [-0.2, -0.15) is 0 Å². The second-order valence-corrected chi connectivity index (χ2v) is 7.43. The molecule has 0 aliphatic rings. The molecule has 0 spiro atoms. The highest BCUT2D eigenvalue weighted by Gasteiger charge is 2.28. The first-order chi connectivity index (χ1) is 8.11. The zero-order valence-electron chi connectivity index (χ0n) is 12.2. The highest BCUT2D eigenvalue weighted by Crippen LogP contribution is 2.10. The molecule has 2 amide bonds. The summed E-state index contributed by atoms with van der Waals surface area (Å²) in [6.45, 7) is 7.37. The number of amides is 2. The summed E-state index contributed by atoms with van der Waals surface area (Å²) < 4.78 is 22.9. The van der Waals surface area contributed by atoms with Crippen molar-refractivity contribution in [2.45, 2.75) is 57.9 Å². The molecule has 6 heteroatoms. The van der Waals surface area contributed by atoms with E-state index < -0.39 is 15.1 Å². The highest BCUT2D eigenvalue weighted by atomic mass is 32.2. The smallest absolute Gasteiger partial charge is 0.317 e. The molecule has 0 aliphatic heterocycles. The van der Waals surface area contributed by atoms with Crippen LogP contribution >= 0.6 is 0 Å². The fraction of sp³-hybridized carbons (Fsp3) is 0.917. The first-order valence-corrected chi connectivity index (χ1v) is 8.28. The molecule has 0 aliphatic carbocycles. The van der Waals surface area contributed by atoms with E-state index in [1.807, 2.05) is 6.92 Å². The van der Waals surface area contributed by atoms with E-state index in [2.05, 4.69) is 12.2 Å². The van der Waals surface area contributed by atoms with Crippen molar-refractivity contribution in [1.29, 1.82) is 0 Å². The van der Waals surface area contributed by atoms with E-state index in [9.17, 15) is 13.2 Å². The first-order valence-electron chi connectivity index (χ1n) is 6.33. The van der Waals surface area contributed by atoms with Crippen molar-refractivity contribution >= 4 is 15.9 Å². The molecular formula is C12H26N2O3S. The summed E-state index contributed by atoms with van der Waals surface area (Å²) in [6, 6.07) is -0.474. The van der Waals surface area contributed by atoms with Crippen LogP contribution in [0.5, 0.6) is 0 Å². The molecule has 0 rings (SSSR count).